The van der Waals surface area contributed by atoms with Crippen molar-refractivity contribution in [3.8, 4) is 0 Å². The molecule has 78 valence electrons. The lowest BCUT2D eigenvalue weighted by molar-refractivity contribution is -0.116. The van der Waals surface area contributed by atoms with Gasteiger partial charge >= 0.3 is 0 Å². The zero-order valence-corrected chi connectivity index (χ0v) is 8.72. The Labute approximate surface area is 83.1 Å². The molecule has 1 aromatic rings. The number of anilines is 1. The first-order valence-corrected chi connectivity index (χ1v) is 4.57. The summed E-state index contributed by atoms with van der Waals surface area (Å²) in [7, 11) is 0. The second kappa shape index (κ2) is 4.23. The molecule has 0 aliphatic carbocycles. The number of carbonyl (C=O) groups excluding carboxylic acids is 1. The third-order valence-corrected chi connectivity index (χ3v) is 2.02. The van der Waals surface area contributed by atoms with E-state index in [0.29, 0.717) is 12.2 Å². The van der Waals surface area contributed by atoms with E-state index in [-0.39, 0.29) is 11.9 Å². The van der Waals surface area contributed by atoms with Crippen molar-refractivity contribution in [1.29, 1.82) is 0 Å². The van der Waals surface area contributed by atoms with E-state index in [1.807, 2.05) is 13.8 Å². The standard InChI is InChI=1S/C9H16N4O/c1-5(10)4-8(14)11-9-6(2)7(3)12-13-9/h5H,4,10H2,1-3H3,(H2,11,12,13,14). The van der Waals surface area contributed by atoms with Crippen molar-refractivity contribution in [3.63, 3.8) is 0 Å². The summed E-state index contributed by atoms with van der Waals surface area (Å²) in [5.74, 6) is 0.489. The number of aromatic nitrogens is 2. The SMILES string of the molecule is Cc1[nH]nc(NC(=O)CC(C)N)c1C. The first-order valence-electron chi connectivity index (χ1n) is 4.57. The van der Waals surface area contributed by atoms with Gasteiger partial charge in [-0.3, -0.25) is 9.89 Å². The summed E-state index contributed by atoms with van der Waals surface area (Å²) < 4.78 is 0. The minimum absolute atomic E-state index is 0.102. The Hall–Kier alpha value is -1.36. The summed E-state index contributed by atoms with van der Waals surface area (Å²) in [5.41, 5.74) is 7.42. The Bertz CT molecular complexity index is 330. The number of nitrogens with one attached hydrogen (secondary N) is 2. The van der Waals surface area contributed by atoms with E-state index in [9.17, 15) is 4.79 Å². The zero-order chi connectivity index (χ0) is 10.7. The van der Waals surface area contributed by atoms with Crippen LogP contribution in [0.3, 0.4) is 0 Å². The molecule has 0 aliphatic rings. The molecular weight excluding hydrogens is 180 g/mol. The maximum atomic E-state index is 11.3. The first-order chi connectivity index (χ1) is 6.50. The lowest BCUT2D eigenvalue weighted by atomic mass is 10.2. The molecule has 0 radical (unpaired) electrons. The van der Waals surface area contributed by atoms with E-state index >= 15 is 0 Å². The molecule has 1 unspecified atom stereocenters. The van der Waals surface area contributed by atoms with Crippen LogP contribution in [0.15, 0.2) is 0 Å². The predicted octanol–water partition coefficient (Wildman–Crippen LogP) is 0.702. The van der Waals surface area contributed by atoms with Crippen molar-refractivity contribution in [2.75, 3.05) is 5.32 Å². The fraction of sp³-hybridized carbons (Fsp3) is 0.556. The summed E-state index contributed by atoms with van der Waals surface area (Å²) in [6.07, 6.45) is 0.311. The number of hydrogen-bond donors (Lipinski definition) is 3. The number of nitrogens with zero attached hydrogens (tertiary/aromatic N) is 1. The molecule has 1 amide bonds. The van der Waals surface area contributed by atoms with E-state index in [1.54, 1.807) is 6.92 Å². The first kappa shape index (κ1) is 10.7. The fourth-order valence-electron chi connectivity index (χ4n) is 1.08. The van der Waals surface area contributed by atoms with Crippen LogP contribution in [0.1, 0.15) is 24.6 Å². The van der Waals surface area contributed by atoms with Gasteiger partial charge < -0.3 is 11.1 Å². The summed E-state index contributed by atoms with van der Waals surface area (Å²) in [6.45, 7) is 5.60. The number of aromatic amines is 1. The van der Waals surface area contributed by atoms with Crippen LogP contribution >= 0.6 is 0 Å². The van der Waals surface area contributed by atoms with Gasteiger partial charge in [-0.05, 0) is 20.8 Å². The Morgan fingerprint density at radius 2 is 2.29 bits per heavy atom. The van der Waals surface area contributed by atoms with Crippen LogP contribution in [0, 0.1) is 13.8 Å². The molecule has 0 bridgehead atoms. The second-order valence-electron chi connectivity index (χ2n) is 3.55. The van der Waals surface area contributed by atoms with Gasteiger partial charge in [0.05, 0.1) is 0 Å². The maximum Gasteiger partial charge on any atom is 0.227 e. The largest absolute Gasteiger partial charge is 0.327 e. The fourth-order valence-corrected chi connectivity index (χ4v) is 1.08. The maximum absolute atomic E-state index is 11.3. The molecule has 5 heteroatoms. The van der Waals surface area contributed by atoms with Gasteiger partial charge in [-0.25, -0.2) is 0 Å². The van der Waals surface area contributed by atoms with Gasteiger partial charge in [0.2, 0.25) is 5.91 Å². The Morgan fingerprint density at radius 3 is 2.71 bits per heavy atom. The molecule has 0 aromatic carbocycles. The van der Waals surface area contributed by atoms with Gasteiger partial charge in [0.1, 0.15) is 0 Å². The van der Waals surface area contributed by atoms with Crippen molar-refractivity contribution >= 4 is 11.7 Å². The molecule has 0 saturated carbocycles. The van der Waals surface area contributed by atoms with E-state index in [0.717, 1.165) is 11.3 Å². The number of nitrogens with two attached hydrogens (primary N) is 1. The number of aryl methyl sites for hydroxylation is 1. The molecule has 0 spiro atoms. The van der Waals surface area contributed by atoms with Crippen LogP contribution in [0.4, 0.5) is 5.82 Å². The lowest BCUT2D eigenvalue weighted by Gasteiger charge is -2.05. The van der Waals surface area contributed by atoms with E-state index in [2.05, 4.69) is 15.5 Å². The average Bonchev–Trinajstić information content (AvgIpc) is 2.34. The van der Waals surface area contributed by atoms with Gasteiger partial charge in [0.15, 0.2) is 5.82 Å². The zero-order valence-electron chi connectivity index (χ0n) is 8.72. The van der Waals surface area contributed by atoms with Gasteiger partial charge in [-0.15, -0.1) is 0 Å². The third kappa shape index (κ3) is 2.56. The Kier molecular flexibility index (Phi) is 3.24. The van der Waals surface area contributed by atoms with Gasteiger partial charge in [-0.2, -0.15) is 5.10 Å². The summed E-state index contributed by atoms with van der Waals surface area (Å²) in [4.78, 5) is 11.3. The quantitative estimate of drug-likeness (QED) is 0.665. The second-order valence-corrected chi connectivity index (χ2v) is 3.55. The van der Waals surface area contributed by atoms with E-state index < -0.39 is 0 Å². The predicted molar refractivity (Wildman–Crippen MR) is 55.0 cm³/mol. The van der Waals surface area contributed by atoms with Crippen LogP contribution in [0.25, 0.3) is 0 Å². The Morgan fingerprint density at radius 1 is 1.64 bits per heavy atom. The summed E-state index contributed by atoms with van der Waals surface area (Å²) in [6, 6.07) is -0.129. The highest BCUT2D eigenvalue weighted by atomic mass is 16.1. The molecule has 4 N–H and O–H groups in total. The molecule has 1 aromatic heterocycles. The monoisotopic (exact) mass is 196 g/mol. The third-order valence-electron chi connectivity index (χ3n) is 2.02. The molecule has 0 aliphatic heterocycles. The summed E-state index contributed by atoms with van der Waals surface area (Å²) >= 11 is 0. The van der Waals surface area contributed by atoms with E-state index in [4.69, 9.17) is 5.73 Å². The van der Waals surface area contributed by atoms with Crippen molar-refractivity contribution < 1.29 is 4.79 Å². The number of carbonyl (C=O) groups is 1. The van der Waals surface area contributed by atoms with Crippen LogP contribution in [0.5, 0.6) is 0 Å². The minimum Gasteiger partial charge on any atom is -0.327 e. The van der Waals surface area contributed by atoms with Gasteiger partial charge in [-0.1, -0.05) is 0 Å². The molecule has 0 saturated heterocycles. The van der Waals surface area contributed by atoms with Crippen LogP contribution in [-0.2, 0) is 4.79 Å². The molecule has 1 rings (SSSR count). The van der Waals surface area contributed by atoms with Crippen molar-refractivity contribution in [2.45, 2.75) is 33.2 Å². The van der Waals surface area contributed by atoms with Gasteiger partial charge in [0, 0.05) is 23.7 Å². The summed E-state index contributed by atoms with van der Waals surface area (Å²) in [5, 5.41) is 9.47. The number of rotatable bonds is 3. The van der Waals surface area contributed by atoms with Crippen LogP contribution in [0.2, 0.25) is 0 Å². The van der Waals surface area contributed by atoms with E-state index in [1.165, 1.54) is 0 Å². The van der Waals surface area contributed by atoms with Crippen LogP contribution in [-0.4, -0.2) is 22.1 Å². The lowest BCUT2D eigenvalue weighted by Crippen LogP contribution is -2.24. The smallest absolute Gasteiger partial charge is 0.227 e. The molecule has 0 fully saturated rings. The van der Waals surface area contributed by atoms with Crippen molar-refractivity contribution in [1.82, 2.24) is 10.2 Å². The minimum atomic E-state index is -0.129. The molecule has 1 heterocycles. The number of hydrogen-bond acceptors (Lipinski definition) is 3. The van der Waals surface area contributed by atoms with Crippen LogP contribution < -0.4 is 11.1 Å². The normalized spacial score (nSPS) is 12.6. The van der Waals surface area contributed by atoms with Crippen molar-refractivity contribution in [2.24, 2.45) is 5.73 Å². The Balaban J connectivity index is 2.61. The number of amides is 1. The highest BCUT2D eigenvalue weighted by molar-refractivity contribution is 5.90. The van der Waals surface area contributed by atoms with Gasteiger partial charge in [0.25, 0.3) is 0 Å². The topological polar surface area (TPSA) is 83.8 Å². The highest BCUT2D eigenvalue weighted by Gasteiger charge is 2.10. The molecular formula is C9H16N4O. The molecule has 5 nitrogen and oxygen atoms in total. The highest BCUT2D eigenvalue weighted by Crippen LogP contribution is 2.13. The molecule has 1 atom stereocenters. The average molecular weight is 196 g/mol. The number of H-pyrrole nitrogens is 1. The molecule has 14 heavy (non-hydrogen) atoms. The van der Waals surface area contributed by atoms with Crippen molar-refractivity contribution in [3.05, 3.63) is 11.3 Å².